The smallest absolute Gasteiger partial charge is 0.324 e. The first-order valence-electron chi connectivity index (χ1n) is 3.43. The second-order valence-electron chi connectivity index (χ2n) is 2.27. The molecule has 0 aromatic carbocycles. The van der Waals surface area contributed by atoms with Crippen LogP contribution in [0, 0.1) is 0 Å². The Balaban J connectivity index is 2.39. The van der Waals surface area contributed by atoms with Crippen LogP contribution in [0.3, 0.4) is 0 Å². The van der Waals surface area contributed by atoms with E-state index in [0.29, 0.717) is 0 Å². The number of hydrogen-bond acceptors (Lipinski definition) is 4. The van der Waals surface area contributed by atoms with Crippen LogP contribution in [0.2, 0.25) is 0 Å². The zero-order chi connectivity index (χ0) is 8.27. The van der Waals surface area contributed by atoms with Gasteiger partial charge in [-0.25, -0.2) is 0 Å². The lowest BCUT2D eigenvalue weighted by Gasteiger charge is -2.10. The molecule has 0 bridgehead atoms. The van der Waals surface area contributed by atoms with Crippen LogP contribution < -0.4 is 11.0 Å². The van der Waals surface area contributed by atoms with E-state index in [2.05, 4.69) is 11.0 Å². The zero-order valence-electron chi connectivity index (χ0n) is 6.29. The molecule has 1 heterocycles. The molecule has 1 aliphatic rings. The Morgan fingerprint density at radius 3 is 3.00 bits per heavy atom. The van der Waals surface area contributed by atoms with Crippen molar-refractivity contribution in [2.24, 2.45) is 0 Å². The number of carbonyl (C=O) groups is 1. The average Bonchev–Trinajstić information content (AvgIpc) is 2.34. The number of carboxylic acid groups (broad SMARTS) is 1. The van der Waals surface area contributed by atoms with Gasteiger partial charge in [0.15, 0.2) is 0 Å². The highest BCUT2D eigenvalue weighted by Crippen LogP contribution is 2.01. The number of allylic oxidation sites excluding steroid dienone is 1. The summed E-state index contributed by atoms with van der Waals surface area (Å²) in [6.45, 7) is 1.96. The van der Waals surface area contributed by atoms with Gasteiger partial charge in [0, 0.05) is 11.9 Å². The fourth-order valence-electron chi connectivity index (χ4n) is 0.807. The summed E-state index contributed by atoms with van der Waals surface area (Å²) in [5.41, 5.74) is 6.53. The Morgan fingerprint density at radius 1 is 1.82 bits per heavy atom. The van der Waals surface area contributed by atoms with E-state index >= 15 is 0 Å². The molecule has 0 spiro atoms. The SMILES string of the molecule is CCC1=CN(CC(=O)O)NN1. The van der Waals surface area contributed by atoms with Gasteiger partial charge in [0.2, 0.25) is 0 Å². The van der Waals surface area contributed by atoms with Crippen molar-refractivity contribution in [3.63, 3.8) is 0 Å². The Morgan fingerprint density at radius 2 is 2.55 bits per heavy atom. The average molecular weight is 157 g/mol. The number of carboxylic acids is 1. The minimum Gasteiger partial charge on any atom is -0.480 e. The minimum atomic E-state index is -0.854. The van der Waals surface area contributed by atoms with Crippen LogP contribution in [0.4, 0.5) is 0 Å². The molecule has 5 nitrogen and oxygen atoms in total. The molecule has 0 fully saturated rings. The fraction of sp³-hybridized carbons (Fsp3) is 0.500. The first-order chi connectivity index (χ1) is 5.22. The van der Waals surface area contributed by atoms with Crippen molar-refractivity contribution < 1.29 is 9.90 Å². The predicted octanol–water partition coefficient (Wildman–Crippen LogP) is -0.353. The van der Waals surface area contributed by atoms with Crippen LogP contribution in [0.15, 0.2) is 11.9 Å². The van der Waals surface area contributed by atoms with E-state index < -0.39 is 5.97 Å². The minimum absolute atomic E-state index is 0.0312. The lowest BCUT2D eigenvalue weighted by molar-refractivity contribution is -0.138. The fourth-order valence-corrected chi connectivity index (χ4v) is 0.807. The molecule has 0 atom stereocenters. The van der Waals surface area contributed by atoms with Gasteiger partial charge >= 0.3 is 5.97 Å². The molecule has 3 N–H and O–H groups in total. The maximum absolute atomic E-state index is 10.2. The molecular formula is C6H11N3O2. The predicted molar refractivity (Wildman–Crippen MR) is 39.0 cm³/mol. The van der Waals surface area contributed by atoms with Gasteiger partial charge in [-0.2, -0.15) is 0 Å². The normalized spacial score (nSPS) is 16.1. The monoisotopic (exact) mass is 157 g/mol. The van der Waals surface area contributed by atoms with Crippen LogP contribution in [-0.2, 0) is 4.79 Å². The van der Waals surface area contributed by atoms with Crippen molar-refractivity contribution in [2.75, 3.05) is 6.54 Å². The van der Waals surface area contributed by atoms with Gasteiger partial charge in [-0.3, -0.25) is 9.80 Å². The third kappa shape index (κ3) is 2.12. The number of hydrazine groups is 2. The highest BCUT2D eigenvalue weighted by molar-refractivity contribution is 5.69. The number of aliphatic carboxylic acids is 1. The largest absolute Gasteiger partial charge is 0.480 e. The summed E-state index contributed by atoms with van der Waals surface area (Å²) in [7, 11) is 0. The van der Waals surface area contributed by atoms with Crippen molar-refractivity contribution in [3.8, 4) is 0 Å². The van der Waals surface area contributed by atoms with Gasteiger partial charge in [0.1, 0.15) is 6.54 Å². The van der Waals surface area contributed by atoms with E-state index in [4.69, 9.17) is 5.11 Å². The van der Waals surface area contributed by atoms with Gasteiger partial charge in [-0.05, 0) is 6.42 Å². The Labute approximate surface area is 64.6 Å². The Kier molecular flexibility index (Phi) is 2.32. The zero-order valence-corrected chi connectivity index (χ0v) is 6.29. The number of hydrogen-bond donors (Lipinski definition) is 3. The van der Waals surface area contributed by atoms with Crippen LogP contribution in [0.25, 0.3) is 0 Å². The third-order valence-electron chi connectivity index (χ3n) is 1.36. The Bertz CT molecular complexity index is 190. The highest BCUT2D eigenvalue weighted by Gasteiger charge is 2.11. The molecule has 0 amide bonds. The van der Waals surface area contributed by atoms with Gasteiger partial charge < -0.3 is 10.5 Å². The molecule has 1 rings (SSSR count). The van der Waals surface area contributed by atoms with E-state index in [0.717, 1.165) is 12.1 Å². The van der Waals surface area contributed by atoms with Gasteiger partial charge in [0.05, 0.1) is 0 Å². The molecule has 0 aromatic rings. The lowest BCUT2D eigenvalue weighted by atomic mass is 10.4. The van der Waals surface area contributed by atoms with E-state index in [1.54, 1.807) is 6.20 Å². The van der Waals surface area contributed by atoms with Crippen molar-refractivity contribution in [3.05, 3.63) is 11.9 Å². The first-order valence-corrected chi connectivity index (χ1v) is 3.43. The van der Waals surface area contributed by atoms with Crippen LogP contribution >= 0.6 is 0 Å². The summed E-state index contributed by atoms with van der Waals surface area (Å²) in [6.07, 6.45) is 2.61. The van der Waals surface area contributed by atoms with Crippen molar-refractivity contribution in [2.45, 2.75) is 13.3 Å². The van der Waals surface area contributed by atoms with Crippen LogP contribution in [-0.4, -0.2) is 22.6 Å². The standard InChI is InChI=1S/C6H11N3O2/c1-2-5-3-9(8-7-5)4-6(10)11/h3,7-8H,2,4H2,1H3,(H,10,11). The van der Waals surface area contributed by atoms with E-state index in [9.17, 15) is 4.79 Å². The molecule has 11 heavy (non-hydrogen) atoms. The van der Waals surface area contributed by atoms with Crippen molar-refractivity contribution >= 4 is 5.97 Å². The molecule has 1 aliphatic heterocycles. The van der Waals surface area contributed by atoms with Gasteiger partial charge in [0.25, 0.3) is 0 Å². The maximum atomic E-state index is 10.2. The van der Waals surface area contributed by atoms with E-state index in [1.165, 1.54) is 5.01 Å². The van der Waals surface area contributed by atoms with E-state index in [-0.39, 0.29) is 6.54 Å². The summed E-state index contributed by atoms with van der Waals surface area (Å²) < 4.78 is 0. The van der Waals surface area contributed by atoms with Crippen molar-refractivity contribution in [1.29, 1.82) is 0 Å². The van der Waals surface area contributed by atoms with Crippen molar-refractivity contribution in [1.82, 2.24) is 16.0 Å². The first kappa shape index (κ1) is 7.87. The number of nitrogens with one attached hydrogen (secondary N) is 2. The van der Waals surface area contributed by atoms with Gasteiger partial charge in [-0.15, -0.1) is 5.53 Å². The summed E-state index contributed by atoms with van der Waals surface area (Å²) in [5, 5.41) is 9.88. The highest BCUT2D eigenvalue weighted by atomic mass is 16.4. The summed E-state index contributed by atoms with van der Waals surface area (Å²) >= 11 is 0. The molecule has 0 aromatic heterocycles. The molecule has 0 aliphatic carbocycles. The Hall–Kier alpha value is -1.23. The molecule has 0 radical (unpaired) electrons. The summed E-state index contributed by atoms with van der Waals surface area (Å²) in [6, 6.07) is 0. The molecule has 0 saturated heterocycles. The van der Waals surface area contributed by atoms with Crippen LogP contribution in [0.5, 0.6) is 0 Å². The summed E-state index contributed by atoms with van der Waals surface area (Å²) in [4.78, 5) is 10.2. The summed E-state index contributed by atoms with van der Waals surface area (Å²) in [5.74, 6) is -0.854. The molecule has 5 heteroatoms. The lowest BCUT2D eigenvalue weighted by Crippen LogP contribution is -2.39. The topological polar surface area (TPSA) is 64.6 Å². The number of nitrogens with zero attached hydrogens (tertiary/aromatic N) is 1. The molecule has 0 saturated carbocycles. The third-order valence-corrected chi connectivity index (χ3v) is 1.36. The van der Waals surface area contributed by atoms with E-state index in [1.807, 2.05) is 6.92 Å². The number of rotatable bonds is 3. The second kappa shape index (κ2) is 3.25. The molecule has 62 valence electrons. The van der Waals surface area contributed by atoms with Gasteiger partial charge in [-0.1, -0.05) is 6.92 Å². The molecule has 0 unspecified atom stereocenters. The maximum Gasteiger partial charge on any atom is 0.324 e. The second-order valence-corrected chi connectivity index (χ2v) is 2.27. The molecular weight excluding hydrogens is 146 g/mol. The van der Waals surface area contributed by atoms with Crippen LogP contribution in [0.1, 0.15) is 13.3 Å². The quantitative estimate of drug-likeness (QED) is 0.522.